The summed E-state index contributed by atoms with van der Waals surface area (Å²) in [5.41, 5.74) is 4.35. The monoisotopic (exact) mass is 445 g/mol. The van der Waals surface area contributed by atoms with E-state index in [1.807, 2.05) is 48.5 Å². The molecule has 4 aromatic rings. The van der Waals surface area contributed by atoms with E-state index in [1.165, 1.54) is 25.1 Å². The molecule has 0 aliphatic heterocycles. The van der Waals surface area contributed by atoms with E-state index in [1.54, 1.807) is 7.11 Å². The number of hydrogen-bond donors (Lipinski definition) is 3. The number of carbonyl (C=O) groups excluding carboxylic acids is 2. The Balaban J connectivity index is 1.55. The quantitative estimate of drug-likeness (QED) is 0.351. The number of rotatable bonds is 7. The molecule has 0 aliphatic carbocycles. The van der Waals surface area contributed by atoms with Crippen LogP contribution in [0.3, 0.4) is 0 Å². The van der Waals surface area contributed by atoms with E-state index in [0.717, 1.165) is 33.5 Å². The molecule has 3 N–H and O–H groups in total. The van der Waals surface area contributed by atoms with E-state index in [-0.39, 0.29) is 23.9 Å². The maximum absolute atomic E-state index is 14.2. The Labute approximate surface area is 190 Å². The number of halogens is 1. The number of hydrogen-bond acceptors (Lipinski definition) is 3. The molecule has 0 fully saturated rings. The van der Waals surface area contributed by atoms with Gasteiger partial charge in [0.1, 0.15) is 11.6 Å². The number of nitrogens with one attached hydrogen (secondary N) is 3. The van der Waals surface area contributed by atoms with Crippen LogP contribution < -0.4 is 15.4 Å². The van der Waals surface area contributed by atoms with Gasteiger partial charge in [0.05, 0.1) is 12.8 Å². The lowest BCUT2D eigenvalue weighted by Crippen LogP contribution is -2.14. The van der Waals surface area contributed by atoms with Crippen LogP contribution in [0.2, 0.25) is 0 Å². The SMILES string of the molecule is COc1ccc(-c2[nH]c3ccccc3c2CCC(=O)Nc2cc(NC(C)=O)ccc2F)cc1. The van der Waals surface area contributed by atoms with Gasteiger partial charge in [0.25, 0.3) is 0 Å². The van der Waals surface area contributed by atoms with Crippen molar-refractivity contribution in [3.8, 4) is 17.0 Å². The number of anilines is 2. The van der Waals surface area contributed by atoms with Crippen molar-refractivity contribution < 1.29 is 18.7 Å². The highest BCUT2D eigenvalue weighted by molar-refractivity contribution is 5.95. The molecule has 0 spiro atoms. The largest absolute Gasteiger partial charge is 0.497 e. The molecule has 0 unspecified atom stereocenters. The van der Waals surface area contributed by atoms with Crippen molar-refractivity contribution in [2.45, 2.75) is 19.8 Å². The Morgan fingerprint density at radius 2 is 1.76 bits per heavy atom. The van der Waals surface area contributed by atoms with Gasteiger partial charge < -0.3 is 20.4 Å². The molecular formula is C26H24FN3O3. The highest BCUT2D eigenvalue weighted by Gasteiger charge is 2.16. The number of fused-ring (bicyclic) bond motifs is 1. The number of aryl methyl sites for hydroxylation is 1. The molecule has 0 bridgehead atoms. The molecule has 0 saturated carbocycles. The molecule has 168 valence electrons. The second-order valence-electron chi connectivity index (χ2n) is 7.68. The fourth-order valence-electron chi connectivity index (χ4n) is 3.82. The number of H-pyrrole nitrogens is 1. The maximum Gasteiger partial charge on any atom is 0.224 e. The molecule has 0 aliphatic rings. The number of para-hydroxylation sites is 1. The van der Waals surface area contributed by atoms with E-state index >= 15 is 0 Å². The molecule has 6 nitrogen and oxygen atoms in total. The molecule has 1 heterocycles. The van der Waals surface area contributed by atoms with Crippen molar-refractivity contribution in [3.63, 3.8) is 0 Å². The van der Waals surface area contributed by atoms with Gasteiger partial charge in [-0.05, 0) is 66.1 Å². The molecule has 33 heavy (non-hydrogen) atoms. The zero-order valence-corrected chi connectivity index (χ0v) is 18.4. The van der Waals surface area contributed by atoms with Gasteiger partial charge in [0, 0.05) is 35.6 Å². The van der Waals surface area contributed by atoms with Gasteiger partial charge in [-0.25, -0.2) is 4.39 Å². The summed E-state index contributed by atoms with van der Waals surface area (Å²) in [4.78, 5) is 27.4. The molecule has 0 radical (unpaired) electrons. The van der Waals surface area contributed by atoms with E-state index in [2.05, 4.69) is 15.6 Å². The second-order valence-corrected chi connectivity index (χ2v) is 7.68. The van der Waals surface area contributed by atoms with Gasteiger partial charge in [-0.3, -0.25) is 9.59 Å². The predicted molar refractivity (Wildman–Crippen MR) is 128 cm³/mol. The third-order valence-electron chi connectivity index (χ3n) is 5.36. The van der Waals surface area contributed by atoms with Gasteiger partial charge in [-0.2, -0.15) is 0 Å². The first-order valence-corrected chi connectivity index (χ1v) is 10.6. The van der Waals surface area contributed by atoms with Crippen LogP contribution >= 0.6 is 0 Å². The van der Waals surface area contributed by atoms with Crippen molar-refractivity contribution >= 4 is 34.1 Å². The normalized spacial score (nSPS) is 10.8. The van der Waals surface area contributed by atoms with Crippen LogP contribution in [0.4, 0.5) is 15.8 Å². The molecule has 7 heteroatoms. The molecule has 3 aromatic carbocycles. The van der Waals surface area contributed by atoms with Crippen molar-refractivity contribution in [1.29, 1.82) is 0 Å². The number of aromatic nitrogens is 1. The lowest BCUT2D eigenvalue weighted by atomic mass is 10.0. The summed E-state index contributed by atoms with van der Waals surface area (Å²) in [6.07, 6.45) is 0.624. The smallest absolute Gasteiger partial charge is 0.224 e. The highest BCUT2D eigenvalue weighted by Crippen LogP contribution is 2.32. The van der Waals surface area contributed by atoms with E-state index in [4.69, 9.17) is 4.74 Å². The minimum absolute atomic E-state index is 0.0283. The summed E-state index contributed by atoms with van der Waals surface area (Å²) in [5.74, 6) is -0.396. The summed E-state index contributed by atoms with van der Waals surface area (Å²) in [5, 5.41) is 6.24. The molecule has 4 rings (SSSR count). The summed E-state index contributed by atoms with van der Waals surface area (Å²) < 4.78 is 19.4. The van der Waals surface area contributed by atoms with Crippen LogP contribution in [-0.2, 0) is 16.0 Å². The Kier molecular flexibility index (Phi) is 6.40. The van der Waals surface area contributed by atoms with Gasteiger partial charge in [0.2, 0.25) is 11.8 Å². The summed E-state index contributed by atoms with van der Waals surface area (Å²) >= 11 is 0. The standard InChI is InChI=1S/C26H24FN3O3/c1-16(31)28-18-9-13-22(27)24(15-18)29-25(32)14-12-21-20-5-3-4-6-23(20)30-26(21)17-7-10-19(33-2)11-8-17/h3-11,13,15,30H,12,14H2,1-2H3,(H,28,31)(H,29,32). The Morgan fingerprint density at radius 1 is 1.00 bits per heavy atom. The summed E-state index contributed by atoms with van der Waals surface area (Å²) in [6, 6.07) is 19.7. The van der Waals surface area contributed by atoms with Gasteiger partial charge in [-0.1, -0.05) is 18.2 Å². The van der Waals surface area contributed by atoms with Crippen LogP contribution in [0, 0.1) is 5.82 Å². The lowest BCUT2D eigenvalue weighted by molar-refractivity contribution is -0.116. The van der Waals surface area contributed by atoms with E-state index in [0.29, 0.717) is 12.1 Å². The first kappa shape index (κ1) is 22.1. The van der Waals surface area contributed by atoms with Crippen LogP contribution in [0.25, 0.3) is 22.2 Å². The minimum atomic E-state index is -0.566. The molecular weight excluding hydrogens is 421 g/mol. The maximum atomic E-state index is 14.2. The Hall–Kier alpha value is -4.13. The third-order valence-corrected chi connectivity index (χ3v) is 5.36. The zero-order chi connectivity index (χ0) is 23.4. The highest BCUT2D eigenvalue weighted by atomic mass is 19.1. The topological polar surface area (TPSA) is 83.2 Å². The average Bonchev–Trinajstić information content (AvgIpc) is 3.18. The van der Waals surface area contributed by atoms with Gasteiger partial charge in [-0.15, -0.1) is 0 Å². The first-order valence-electron chi connectivity index (χ1n) is 10.6. The van der Waals surface area contributed by atoms with Crippen LogP contribution in [0.1, 0.15) is 18.9 Å². The van der Waals surface area contributed by atoms with E-state index in [9.17, 15) is 14.0 Å². The number of methoxy groups -OCH3 is 1. The molecule has 2 amide bonds. The molecule has 1 aromatic heterocycles. The van der Waals surface area contributed by atoms with Crippen LogP contribution in [0.15, 0.2) is 66.7 Å². The second kappa shape index (κ2) is 9.56. The van der Waals surface area contributed by atoms with Crippen molar-refractivity contribution in [2.75, 3.05) is 17.7 Å². The van der Waals surface area contributed by atoms with Gasteiger partial charge >= 0.3 is 0 Å². The number of aromatic amines is 1. The minimum Gasteiger partial charge on any atom is -0.497 e. The Morgan fingerprint density at radius 3 is 2.48 bits per heavy atom. The van der Waals surface area contributed by atoms with Crippen LogP contribution in [-0.4, -0.2) is 23.9 Å². The summed E-state index contributed by atoms with van der Waals surface area (Å²) in [6.45, 7) is 1.36. The number of ether oxygens (including phenoxy) is 1. The lowest BCUT2D eigenvalue weighted by Gasteiger charge is -2.10. The third kappa shape index (κ3) is 5.03. The van der Waals surface area contributed by atoms with Crippen molar-refractivity contribution in [1.82, 2.24) is 4.98 Å². The number of amides is 2. The van der Waals surface area contributed by atoms with Crippen molar-refractivity contribution in [2.24, 2.45) is 0 Å². The predicted octanol–water partition coefficient (Wildman–Crippen LogP) is 5.51. The summed E-state index contributed by atoms with van der Waals surface area (Å²) in [7, 11) is 1.62. The van der Waals surface area contributed by atoms with Crippen LogP contribution in [0.5, 0.6) is 5.75 Å². The zero-order valence-electron chi connectivity index (χ0n) is 18.4. The molecule has 0 atom stereocenters. The van der Waals surface area contributed by atoms with Crippen molar-refractivity contribution in [3.05, 3.63) is 78.1 Å². The fourth-order valence-corrected chi connectivity index (χ4v) is 3.82. The fraction of sp³-hybridized carbons (Fsp3) is 0.154. The first-order chi connectivity index (χ1) is 15.9. The Bertz CT molecular complexity index is 1310. The average molecular weight is 445 g/mol. The number of carbonyl (C=O) groups is 2. The molecule has 0 saturated heterocycles. The van der Waals surface area contributed by atoms with Gasteiger partial charge in [0.15, 0.2) is 0 Å². The number of benzene rings is 3. The van der Waals surface area contributed by atoms with E-state index < -0.39 is 5.82 Å².